The highest BCUT2D eigenvalue weighted by Crippen LogP contribution is 2.28. The number of nitriles is 1. The summed E-state index contributed by atoms with van der Waals surface area (Å²) in [6.07, 6.45) is 1.19. The van der Waals surface area contributed by atoms with Gasteiger partial charge in [0.25, 0.3) is 0 Å². The molecule has 112 valence electrons. The van der Waals surface area contributed by atoms with E-state index >= 15 is 0 Å². The molecule has 1 saturated heterocycles. The van der Waals surface area contributed by atoms with Crippen LogP contribution in [-0.4, -0.2) is 40.3 Å². The molecule has 0 aromatic carbocycles. The highest BCUT2D eigenvalue weighted by molar-refractivity contribution is 5.69. The molecule has 6 heteroatoms. The topological polar surface area (TPSA) is 75.4 Å². The van der Waals surface area contributed by atoms with Crippen molar-refractivity contribution in [2.45, 2.75) is 38.9 Å². The molecular formula is C15H19N3O3. The van der Waals surface area contributed by atoms with E-state index in [9.17, 15) is 4.79 Å². The summed E-state index contributed by atoms with van der Waals surface area (Å²) in [4.78, 5) is 17.4. The normalized spacial score (nSPS) is 16.6. The van der Waals surface area contributed by atoms with Crippen LogP contribution in [0.5, 0.6) is 5.75 Å². The van der Waals surface area contributed by atoms with Crippen molar-refractivity contribution in [3.63, 3.8) is 0 Å². The molecule has 21 heavy (non-hydrogen) atoms. The van der Waals surface area contributed by atoms with Crippen LogP contribution in [-0.2, 0) is 4.74 Å². The summed E-state index contributed by atoms with van der Waals surface area (Å²) >= 11 is 0. The largest absolute Gasteiger partial charge is 0.484 e. The summed E-state index contributed by atoms with van der Waals surface area (Å²) < 4.78 is 11.2. The molecule has 0 N–H and O–H groups in total. The number of carbonyl (C=O) groups is 1. The van der Waals surface area contributed by atoms with E-state index in [2.05, 4.69) is 4.98 Å². The molecule has 1 aromatic rings. The van der Waals surface area contributed by atoms with Crippen LogP contribution in [0.25, 0.3) is 0 Å². The fraction of sp³-hybridized carbons (Fsp3) is 0.533. The highest BCUT2D eigenvalue weighted by Gasteiger charge is 2.45. The Hall–Kier alpha value is -2.29. The van der Waals surface area contributed by atoms with Crippen molar-refractivity contribution in [3.05, 3.63) is 24.0 Å². The van der Waals surface area contributed by atoms with E-state index in [0.717, 1.165) is 0 Å². The van der Waals surface area contributed by atoms with E-state index in [-0.39, 0.29) is 6.09 Å². The van der Waals surface area contributed by atoms with Crippen molar-refractivity contribution < 1.29 is 14.3 Å². The Morgan fingerprint density at radius 1 is 1.48 bits per heavy atom. The van der Waals surface area contributed by atoms with Gasteiger partial charge < -0.3 is 14.4 Å². The Bertz CT molecular complexity index is 581. The van der Waals surface area contributed by atoms with E-state index in [1.807, 2.05) is 33.8 Å². The molecule has 0 saturated carbocycles. The zero-order valence-electron chi connectivity index (χ0n) is 12.7. The van der Waals surface area contributed by atoms with Gasteiger partial charge in [0.2, 0.25) is 0 Å². The van der Waals surface area contributed by atoms with E-state index in [0.29, 0.717) is 24.5 Å². The molecule has 1 aliphatic rings. The molecule has 2 rings (SSSR count). The van der Waals surface area contributed by atoms with Crippen LogP contribution >= 0.6 is 0 Å². The molecule has 0 bridgehead atoms. The lowest BCUT2D eigenvalue weighted by Crippen LogP contribution is -2.65. The molecule has 1 aromatic heterocycles. The second-order valence-electron chi connectivity index (χ2n) is 6.38. The number of ether oxygens (including phenoxy) is 2. The number of likely N-dealkylation sites (tertiary alicyclic amines) is 1. The van der Waals surface area contributed by atoms with Gasteiger partial charge in [0.1, 0.15) is 28.7 Å². The molecule has 0 atom stereocenters. The number of carbonyl (C=O) groups excluding carboxylic acids is 1. The Morgan fingerprint density at radius 2 is 2.14 bits per heavy atom. The average molecular weight is 289 g/mol. The molecule has 1 amide bonds. The average Bonchev–Trinajstić information content (AvgIpc) is 2.34. The number of rotatable bonds is 2. The SMILES string of the molecule is CC(C)(C)OC(=O)N1CC(C)(Oc2ccnc(C#N)c2)C1. The number of hydrogen-bond acceptors (Lipinski definition) is 5. The van der Waals surface area contributed by atoms with Crippen molar-refractivity contribution in [2.24, 2.45) is 0 Å². The first-order valence-electron chi connectivity index (χ1n) is 6.74. The summed E-state index contributed by atoms with van der Waals surface area (Å²) in [6.45, 7) is 8.32. The van der Waals surface area contributed by atoms with Crippen molar-refractivity contribution in [3.8, 4) is 11.8 Å². The Morgan fingerprint density at radius 3 is 2.71 bits per heavy atom. The van der Waals surface area contributed by atoms with Crippen LogP contribution in [0.2, 0.25) is 0 Å². The van der Waals surface area contributed by atoms with Crippen LogP contribution in [0.15, 0.2) is 18.3 Å². The van der Waals surface area contributed by atoms with Crippen LogP contribution in [0.4, 0.5) is 4.79 Å². The monoisotopic (exact) mass is 289 g/mol. The van der Waals surface area contributed by atoms with E-state index in [4.69, 9.17) is 14.7 Å². The third-order valence-electron chi connectivity index (χ3n) is 2.91. The predicted molar refractivity (Wildman–Crippen MR) is 75.8 cm³/mol. The third kappa shape index (κ3) is 3.85. The molecular weight excluding hydrogens is 270 g/mol. The van der Waals surface area contributed by atoms with Crippen molar-refractivity contribution in [1.29, 1.82) is 5.26 Å². The lowest BCUT2D eigenvalue weighted by Gasteiger charge is -2.47. The first-order chi connectivity index (χ1) is 9.71. The zero-order valence-corrected chi connectivity index (χ0v) is 12.7. The van der Waals surface area contributed by atoms with Crippen LogP contribution in [0, 0.1) is 11.3 Å². The Kier molecular flexibility index (Phi) is 3.77. The van der Waals surface area contributed by atoms with Crippen LogP contribution in [0.3, 0.4) is 0 Å². The highest BCUT2D eigenvalue weighted by atomic mass is 16.6. The summed E-state index contributed by atoms with van der Waals surface area (Å²) in [7, 11) is 0. The second kappa shape index (κ2) is 5.24. The van der Waals surface area contributed by atoms with Crippen LogP contribution < -0.4 is 4.74 Å². The Labute approximate surface area is 124 Å². The van der Waals surface area contributed by atoms with Gasteiger partial charge in [-0.05, 0) is 33.8 Å². The van der Waals surface area contributed by atoms with Crippen molar-refractivity contribution in [1.82, 2.24) is 9.88 Å². The standard InChI is InChI=1S/C15H19N3O3/c1-14(2,3)21-13(19)18-9-15(4,10-18)20-12-5-6-17-11(7-12)8-16/h5-7H,9-10H2,1-4H3. The van der Waals surface area contributed by atoms with Gasteiger partial charge in [0, 0.05) is 12.3 Å². The van der Waals surface area contributed by atoms with E-state index in [1.54, 1.807) is 17.0 Å². The van der Waals surface area contributed by atoms with Crippen molar-refractivity contribution >= 4 is 6.09 Å². The lowest BCUT2D eigenvalue weighted by molar-refractivity contribution is -0.0712. The fourth-order valence-corrected chi connectivity index (χ4v) is 2.10. The van der Waals surface area contributed by atoms with Gasteiger partial charge >= 0.3 is 6.09 Å². The first-order valence-corrected chi connectivity index (χ1v) is 6.74. The number of nitrogens with zero attached hydrogens (tertiary/aromatic N) is 3. The van der Waals surface area contributed by atoms with Gasteiger partial charge in [-0.15, -0.1) is 0 Å². The quantitative estimate of drug-likeness (QED) is 0.835. The zero-order chi connectivity index (χ0) is 15.7. The molecule has 1 aliphatic heterocycles. The summed E-state index contributed by atoms with van der Waals surface area (Å²) in [6, 6.07) is 5.25. The fourth-order valence-electron chi connectivity index (χ4n) is 2.10. The minimum atomic E-state index is -0.503. The van der Waals surface area contributed by atoms with E-state index in [1.165, 1.54) is 6.20 Å². The molecule has 0 aliphatic carbocycles. The summed E-state index contributed by atoms with van der Waals surface area (Å²) in [5.74, 6) is 0.577. The number of hydrogen-bond donors (Lipinski definition) is 0. The minimum Gasteiger partial charge on any atom is -0.484 e. The molecule has 1 fully saturated rings. The predicted octanol–water partition coefficient (Wildman–Crippen LogP) is 2.34. The van der Waals surface area contributed by atoms with Gasteiger partial charge in [0.15, 0.2) is 0 Å². The minimum absolute atomic E-state index is 0.305. The number of aromatic nitrogens is 1. The van der Waals surface area contributed by atoms with Gasteiger partial charge in [-0.2, -0.15) is 5.26 Å². The smallest absolute Gasteiger partial charge is 0.410 e. The third-order valence-corrected chi connectivity index (χ3v) is 2.91. The maximum Gasteiger partial charge on any atom is 0.410 e. The van der Waals surface area contributed by atoms with E-state index < -0.39 is 11.2 Å². The number of amides is 1. The van der Waals surface area contributed by atoms with Crippen molar-refractivity contribution in [2.75, 3.05) is 13.1 Å². The molecule has 0 radical (unpaired) electrons. The van der Waals surface area contributed by atoms with Gasteiger partial charge in [0.05, 0.1) is 13.1 Å². The lowest BCUT2D eigenvalue weighted by atomic mass is 9.97. The molecule has 0 spiro atoms. The molecule has 2 heterocycles. The van der Waals surface area contributed by atoms with Crippen LogP contribution in [0.1, 0.15) is 33.4 Å². The molecule has 0 unspecified atom stereocenters. The van der Waals surface area contributed by atoms with Gasteiger partial charge in [-0.25, -0.2) is 9.78 Å². The van der Waals surface area contributed by atoms with Gasteiger partial charge in [-0.3, -0.25) is 0 Å². The summed E-state index contributed by atoms with van der Waals surface area (Å²) in [5, 5.41) is 8.82. The maximum atomic E-state index is 11.9. The summed E-state index contributed by atoms with van der Waals surface area (Å²) in [5.41, 5.74) is -0.666. The van der Waals surface area contributed by atoms with Gasteiger partial charge in [-0.1, -0.05) is 0 Å². The first kappa shape index (κ1) is 15.1. The second-order valence-corrected chi connectivity index (χ2v) is 6.38. The molecule has 6 nitrogen and oxygen atoms in total. The maximum absolute atomic E-state index is 11.9. The number of pyridine rings is 1. The Balaban J connectivity index is 1.92.